The Balaban J connectivity index is 2.00. The fraction of sp³-hybridized carbons (Fsp3) is 0.429. The molecule has 0 saturated carbocycles. The van der Waals surface area contributed by atoms with Gasteiger partial charge in [-0.15, -0.1) is 0 Å². The normalized spacial score (nSPS) is 18.8. The molecule has 0 aromatic heterocycles. The molecular formula is C14H16O3. The summed E-state index contributed by atoms with van der Waals surface area (Å²) in [7, 11) is 0. The Kier molecular flexibility index (Phi) is 3.57. The van der Waals surface area contributed by atoms with E-state index < -0.39 is 5.97 Å². The van der Waals surface area contributed by atoms with Gasteiger partial charge in [0.1, 0.15) is 0 Å². The minimum absolute atomic E-state index is 0.0178. The number of carboxylic acids is 1. The van der Waals surface area contributed by atoms with Crippen molar-refractivity contribution in [2.45, 2.75) is 32.1 Å². The van der Waals surface area contributed by atoms with Gasteiger partial charge in [0, 0.05) is 17.9 Å². The molecule has 0 radical (unpaired) electrons. The predicted molar refractivity (Wildman–Crippen MR) is 64.1 cm³/mol. The van der Waals surface area contributed by atoms with E-state index in [2.05, 4.69) is 0 Å². The van der Waals surface area contributed by atoms with E-state index in [1.165, 1.54) is 0 Å². The number of hydrogen-bond acceptors (Lipinski definition) is 2. The van der Waals surface area contributed by atoms with Gasteiger partial charge in [0.2, 0.25) is 0 Å². The molecule has 1 aromatic carbocycles. The van der Waals surface area contributed by atoms with Gasteiger partial charge < -0.3 is 5.11 Å². The van der Waals surface area contributed by atoms with Crippen LogP contribution in [0.1, 0.15) is 41.6 Å². The van der Waals surface area contributed by atoms with Crippen molar-refractivity contribution in [2.24, 2.45) is 5.92 Å². The van der Waals surface area contributed by atoms with E-state index in [0.717, 1.165) is 24.0 Å². The van der Waals surface area contributed by atoms with Crippen LogP contribution in [0.15, 0.2) is 24.3 Å². The molecule has 90 valence electrons. The van der Waals surface area contributed by atoms with Crippen LogP contribution < -0.4 is 0 Å². The van der Waals surface area contributed by atoms with Crippen LogP contribution in [0, 0.1) is 5.92 Å². The van der Waals surface area contributed by atoms with Crippen LogP contribution in [0.5, 0.6) is 0 Å². The zero-order valence-corrected chi connectivity index (χ0v) is 9.69. The van der Waals surface area contributed by atoms with Crippen LogP contribution in [0.3, 0.4) is 0 Å². The Bertz CT molecular complexity index is 437. The SMILES string of the molecule is O=C(O)CCCC1CCc2ccccc2C1=O. The second kappa shape index (κ2) is 5.13. The predicted octanol–water partition coefficient (Wildman–Crippen LogP) is 2.69. The van der Waals surface area contributed by atoms with Gasteiger partial charge in [-0.05, 0) is 31.2 Å². The van der Waals surface area contributed by atoms with Gasteiger partial charge >= 0.3 is 5.97 Å². The van der Waals surface area contributed by atoms with Gasteiger partial charge in [-0.3, -0.25) is 9.59 Å². The third-order valence-corrected chi connectivity index (χ3v) is 3.36. The third kappa shape index (κ3) is 2.73. The number of fused-ring (bicyclic) bond motifs is 1. The van der Waals surface area contributed by atoms with Gasteiger partial charge in [0.15, 0.2) is 5.78 Å². The Morgan fingerprint density at radius 3 is 2.88 bits per heavy atom. The van der Waals surface area contributed by atoms with Gasteiger partial charge in [-0.25, -0.2) is 0 Å². The number of carboxylic acid groups (broad SMARTS) is 1. The summed E-state index contributed by atoms with van der Waals surface area (Å²) in [5.41, 5.74) is 1.96. The molecule has 2 rings (SSSR count). The highest BCUT2D eigenvalue weighted by Crippen LogP contribution is 2.28. The minimum Gasteiger partial charge on any atom is -0.481 e. The van der Waals surface area contributed by atoms with Crippen molar-refractivity contribution in [3.63, 3.8) is 0 Å². The highest BCUT2D eigenvalue weighted by molar-refractivity contribution is 6.00. The molecule has 17 heavy (non-hydrogen) atoms. The van der Waals surface area contributed by atoms with Crippen LogP contribution in [-0.2, 0) is 11.2 Å². The lowest BCUT2D eigenvalue weighted by Crippen LogP contribution is -2.22. The molecule has 0 bridgehead atoms. The largest absolute Gasteiger partial charge is 0.481 e. The first kappa shape index (κ1) is 11.8. The smallest absolute Gasteiger partial charge is 0.303 e. The van der Waals surface area contributed by atoms with Gasteiger partial charge in [-0.2, -0.15) is 0 Å². The fourth-order valence-corrected chi connectivity index (χ4v) is 2.43. The lowest BCUT2D eigenvalue weighted by molar-refractivity contribution is -0.137. The summed E-state index contributed by atoms with van der Waals surface area (Å²) < 4.78 is 0. The maximum atomic E-state index is 12.1. The fourth-order valence-electron chi connectivity index (χ4n) is 2.43. The first-order valence-corrected chi connectivity index (χ1v) is 6.02. The van der Waals surface area contributed by atoms with E-state index in [9.17, 15) is 9.59 Å². The molecule has 1 N–H and O–H groups in total. The standard InChI is InChI=1S/C14H16O3/c15-13(16)7-3-5-11-9-8-10-4-1-2-6-12(10)14(11)17/h1-2,4,6,11H,3,5,7-9H2,(H,15,16). The Morgan fingerprint density at radius 2 is 2.12 bits per heavy atom. The van der Waals surface area contributed by atoms with Crippen molar-refractivity contribution < 1.29 is 14.7 Å². The molecule has 1 aliphatic carbocycles. The summed E-state index contributed by atoms with van der Waals surface area (Å²) in [4.78, 5) is 22.6. The number of Topliss-reactive ketones (excluding diaryl/α,β-unsaturated/α-hetero) is 1. The van der Waals surface area contributed by atoms with Crippen LogP contribution >= 0.6 is 0 Å². The average molecular weight is 232 g/mol. The number of ketones is 1. The first-order valence-electron chi connectivity index (χ1n) is 6.02. The lowest BCUT2D eigenvalue weighted by atomic mass is 9.80. The quantitative estimate of drug-likeness (QED) is 0.868. The van der Waals surface area contributed by atoms with Crippen molar-refractivity contribution in [1.82, 2.24) is 0 Å². The Labute approximate surface area is 100 Å². The Hall–Kier alpha value is -1.64. The minimum atomic E-state index is -0.784. The molecule has 1 unspecified atom stereocenters. The first-order chi connectivity index (χ1) is 8.18. The molecule has 1 aromatic rings. The molecule has 1 aliphatic rings. The van der Waals surface area contributed by atoms with Gasteiger partial charge in [-0.1, -0.05) is 24.3 Å². The van der Waals surface area contributed by atoms with Crippen molar-refractivity contribution in [1.29, 1.82) is 0 Å². The molecule has 3 heteroatoms. The number of benzene rings is 1. The zero-order chi connectivity index (χ0) is 12.3. The summed E-state index contributed by atoms with van der Waals surface area (Å²) in [6.07, 6.45) is 3.23. The summed E-state index contributed by atoms with van der Waals surface area (Å²) in [5.74, 6) is -0.574. The average Bonchev–Trinajstić information content (AvgIpc) is 2.32. The van der Waals surface area contributed by atoms with E-state index in [4.69, 9.17) is 5.11 Å². The van der Waals surface area contributed by atoms with E-state index >= 15 is 0 Å². The van der Waals surface area contributed by atoms with E-state index in [1.54, 1.807) is 0 Å². The summed E-state index contributed by atoms with van der Waals surface area (Å²) in [6.45, 7) is 0. The molecule has 1 atom stereocenters. The number of rotatable bonds is 4. The monoisotopic (exact) mass is 232 g/mol. The van der Waals surface area contributed by atoms with Crippen molar-refractivity contribution in [2.75, 3.05) is 0 Å². The highest BCUT2D eigenvalue weighted by Gasteiger charge is 2.26. The molecule has 0 amide bonds. The van der Waals surface area contributed by atoms with Gasteiger partial charge in [0.05, 0.1) is 0 Å². The highest BCUT2D eigenvalue weighted by atomic mass is 16.4. The molecular weight excluding hydrogens is 216 g/mol. The van der Waals surface area contributed by atoms with Crippen LogP contribution in [0.4, 0.5) is 0 Å². The zero-order valence-electron chi connectivity index (χ0n) is 9.69. The molecule has 0 aliphatic heterocycles. The number of aliphatic carboxylic acids is 1. The molecule has 3 nitrogen and oxygen atoms in total. The second-order valence-corrected chi connectivity index (χ2v) is 4.54. The summed E-state index contributed by atoms with van der Waals surface area (Å²) in [5, 5.41) is 8.58. The number of carbonyl (C=O) groups is 2. The second-order valence-electron chi connectivity index (χ2n) is 4.54. The summed E-state index contributed by atoms with van der Waals surface area (Å²) in [6, 6.07) is 7.72. The van der Waals surface area contributed by atoms with E-state index in [-0.39, 0.29) is 18.1 Å². The maximum absolute atomic E-state index is 12.1. The Morgan fingerprint density at radius 1 is 1.35 bits per heavy atom. The molecule has 0 saturated heterocycles. The number of hydrogen-bond donors (Lipinski definition) is 1. The lowest BCUT2D eigenvalue weighted by Gasteiger charge is -2.22. The summed E-state index contributed by atoms with van der Waals surface area (Å²) >= 11 is 0. The topological polar surface area (TPSA) is 54.4 Å². The third-order valence-electron chi connectivity index (χ3n) is 3.36. The van der Waals surface area contributed by atoms with Crippen LogP contribution in [-0.4, -0.2) is 16.9 Å². The van der Waals surface area contributed by atoms with E-state index in [1.807, 2.05) is 24.3 Å². The van der Waals surface area contributed by atoms with Gasteiger partial charge in [0.25, 0.3) is 0 Å². The van der Waals surface area contributed by atoms with Crippen molar-refractivity contribution in [3.8, 4) is 0 Å². The molecule has 0 fully saturated rings. The number of aryl methyl sites for hydroxylation is 1. The maximum Gasteiger partial charge on any atom is 0.303 e. The van der Waals surface area contributed by atoms with E-state index in [0.29, 0.717) is 12.8 Å². The molecule has 0 spiro atoms. The van der Waals surface area contributed by atoms with Crippen molar-refractivity contribution >= 4 is 11.8 Å². The van der Waals surface area contributed by atoms with Crippen molar-refractivity contribution in [3.05, 3.63) is 35.4 Å². The molecule has 0 heterocycles. The van der Waals surface area contributed by atoms with Crippen LogP contribution in [0.25, 0.3) is 0 Å². The number of carbonyl (C=O) groups excluding carboxylic acids is 1. The van der Waals surface area contributed by atoms with Crippen LogP contribution in [0.2, 0.25) is 0 Å².